The number of fused-ring (bicyclic) bond motifs is 1. The van der Waals surface area contributed by atoms with Crippen molar-refractivity contribution in [1.82, 2.24) is 9.97 Å². The van der Waals surface area contributed by atoms with Gasteiger partial charge in [0.15, 0.2) is 23.1 Å². The van der Waals surface area contributed by atoms with Crippen LogP contribution < -0.4 is 9.47 Å². The van der Waals surface area contributed by atoms with E-state index in [9.17, 15) is 0 Å². The van der Waals surface area contributed by atoms with E-state index in [1.54, 1.807) is 14.2 Å². The van der Waals surface area contributed by atoms with Crippen molar-refractivity contribution in [3.63, 3.8) is 0 Å². The van der Waals surface area contributed by atoms with Crippen LogP contribution in [0.3, 0.4) is 0 Å². The lowest BCUT2D eigenvalue weighted by Gasteiger charge is -2.06. The van der Waals surface area contributed by atoms with E-state index in [-0.39, 0.29) is 0 Å². The Labute approximate surface area is 110 Å². The highest BCUT2D eigenvalue weighted by Gasteiger charge is 2.12. The summed E-state index contributed by atoms with van der Waals surface area (Å²) in [6, 6.07) is 7.50. The lowest BCUT2D eigenvalue weighted by atomic mass is 10.3. The fourth-order valence-corrected chi connectivity index (χ4v) is 2.02. The van der Waals surface area contributed by atoms with Crippen molar-refractivity contribution in [3.8, 4) is 23.1 Å². The molecule has 0 saturated carbocycles. The Kier molecular flexibility index (Phi) is 2.67. The second kappa shape index (κ2) is 4.35. The zero-order chi connectivity index (χ0) is 13.4. The predicted molar refractivity (Wildman–Crippen MR) is 71.6 cm³/mol. The number of hydrogen-bond donors (Lipinski definition) is 1. The van der Waals surface area contributed by atoms with Crippen LogP contribution in [0, 0.1) is 6.92 Å². The molecule has 19 heavy (non-hydrogen) atoms. The summed E-state index contributed by atoms with van der Waals surface area (Å²) < 4.78 is 16.1. The van der Waals surface area contributed by atoms with Crippen LogP contribution in [-0.4, -0.2) is 24.2 Å². The van der Waals surface area contributed by atoms with Crippen LogP contribution in [-0.2, 0) is 0 Å². The van der Waals surface area contributed by atoms with E-state index in [1.165, 1.54) is 0 Å². The number of furan rings is 1. The van der Waals surface area contributed by atoms with Crippen molar-refractivity contribution in [2.24, 2.45) is 0 Å². The molecule has 98 valence electrons. The fraction of sp³-hybridized carbons (Fsp3) is 0.214. The molecule has 0 aliphatic heterocycles. The Hall–Kier alpha value is -2.43. The Morgan fingerprint density at radius 2 is 1.84 bits per heavy atom. The number of hydrogen-bond acceptors (Lipinski definition) is 4. The Bertz CT molecular complexity index is 686. The number of benzene rings is 1. The average Bonchev–Trinajstić information content (AvgIpc) is 3.02. The molecule has 2 heterocycles. The van der Waals surface area contributed by atoms with E-state index in [0.717, 1.165) is 16.8 Å². The molecule has 0 spiro atoms. The van der Waals surface area contributed by atoms with Gasteiger partial charge in [0.1, 0.15) is 5.76 Å². The van der Waals surface area contributed by atoms with Gasteiger partial charge in [-0.2, -0.15) is 0 Å². The highest BCUT2D eigenvalue weighted by Crippen LogP contribution is 2.32. The summed E-state index contributed by atoms with van der Waals surface area (Å²) in [4.78, 5) is 7.71. The van der Waals surface area contributed by atoms with Crippen LogP contribution in [0.25, 0.3) is 22.6 Å². The number of H-pyrrole nitrogens is 1. The standard InChI is InChI=1S/C14H14N2O3/c1-8-4-5-11(19-8)14-15-9-6-12(17-2)13(18-3)7-10(9)16-14/h4-7H,1-3H3,(H,15,16). The van der Waals surface area contributed by atoms with Gasteiger partial charge in [0, 0.05) is 12.1 Å². The molecule has 5 heteroatoms. The lowest BCUT2D eigenvalue weighted by Crippen LogP contribution is -1.89. The van der Waals surface area contributed by atoms with Gasteiger partial charge in [-0.15, -0.1) is 0 Å². The van der Waals surface area contributed by atoms with Gasteiger partial charge in [-0.25, -0.2) is 4.98 Å². The monoisotopic (exact) mass is 258 g/mol. The molecule has 0 radical (unpaired) electrons. The Morgan fingerprint density at radius 3 is 2.47 bits per heavy atom. The maximum atomic E-state index is 5.56. The lowest BCUT2D eigenvalue weighted by molar-refractivity contribution is 0.356. The Morgan fingerprint density at radius 1 is 1.11 bits per heavy atom. The third kappa shape index (κ3) is 1.93. The first kappa shape index (κ1) is 11.6. The summed E-state index contributed by atoms with van der Waals surface area (Å²) >= 11 is 0. The van der Waals surface area contributed by atoms with Crippen molar-refractivity contribution < 1.29 is 13.9 Å². The zero-order valence-corrected chi connectivity index (χ0v) is 11.0. The summed E-state index contributed by atoms with van der Waals surface area (Å²) in [7, 11) is 3.21. The Balaban J connectivity index is 2.15. The van der Waals surface area contributed by atoms with Gasteiger partial charge in [-0.05, 0) is 19.1 Å². The molecule has 2 aromatic heterocycles. The number of nitrogens with one attached hydrogen (secondary N) is 1. The highest BCUT2D eigenvalue weighted by atomic mass is 16.5. The number of imidazole rings is 1. The van der Waals surface area contributed by atoms with Gasteiger partial charge >= 0.3 is 0 Å². The molecule has 0 saturated heterocycles. The minimum atomic E-state index is 0.656. The van der Waals surface area contributed by atoms with E-state index in [1.807, 2.05) is 31.2 Å². The predicted octanol–water partition coefficient (Wildman–Crippen LogP) is 3.15. The van der Waals surface area contributed by atoms with Crippen LogP contribution in [0.2, 0.25) is 0 Å². The summed E-state index contributed by atoms with van der Waals surface area (Å²) in [5.41, 5.74) is 1.68. The topological polar surface area (TPSA) is 60.3 Å². The highest BCUT2D eigenvalue weighted by molar-refractivity contribution is 5.82. The first-order chi connectivity index (χ1) is 9.21. The maximum absolute atomic E-state index is 5.56. The average molecular weight is 258 g/mol. The summed E-state index contributed by atoms with van der Waals surface area (Å²) in [5, 5.41) is 0. The van der Waals surface area contributed by atoms with Crippen LogP contribution in [0.1, 0.15) is 5.76 Å². The van der Waals surface area contributed by atoms with E-state index in [4.69, 9.17) is 13.9 Å². The smallest absolute Gasteiger partial charge is 0.174 e. The molecule has 5 nitrogen and oxygen atoms in total. The maximum Gasteiger partial charge on any atom is 0.174 e. The quantitative estimate of drug-likeness (QED) is 0.784. The second-order valence-electron chi connectivity index (χ2n) is 4.22. The number of ether oxygens (including phenoxy) is 2. The van der Waals surface area contributed by atoms with Crippen LogP contribution in [0.5, 0.6) is 11.5 Å². The second-order valence-corrected chi connectivity index (χ2v) is 4.22. The van der Waals surface area contributed by atoms with Crippen molar-refractivity contribution in [1.29, 1.82) is 0 Å². The van der Waals surface area contributed by atoms with Crippen molar-refractivity contribution >= 4 is 11.0 Å². The van der Waals surface area contributed by atoms with Crippen molar-refractivity contribution in [3.05, 3.63) is 30.0 Å². The minimum Gasteiger partial charge on any atom is -0.493 e. The van der Waals surface area contributed by atoms with Gasteiger partial charge in [0.2, 0.25) is 0 Å². The molecule has 0 aliphatic rings. The molecule has 0 unspecified atom stereocenters. The van der Waals surface area contributed by atoms with Crippen LogP contribution >= 0.6 is 0 Å². The van der Waals surface area contributed by atoms with E-state index in [2.05, 4.69) is 9.97 Å². The number of aromatic amines is 1. The first-order valence-electron chi connectivity index (χ1n) is 5.90. The number of rotatable bonds is 3. The minimum absolute atomic E-state index is 0.656. The van der Waals surface area contributed by atoms with E-state index in [0.29, 0.717) is 23.1 Å². The number of methoxy groups -OCH3 is 2. The fourth-order valence-electron chi connectivity index (χ4n) is 2.02. The number of aryl methyl sites for hydroxylation is 1. The number of aromatic nitrogens is 2. The molecule has 3 rings (SSSR count). The molecule has 3 aromatic rings. The molecule has 0 aliphatic carbocycles. The van der Waals surface area contributed by atoms with Crippen LogP contribution in [0.4, 0.5) is 0 Å². The van der Waals surface area contributed by atoms with E-state index < -0.39 is 0 Å². The summed E-state index contributed by atoms with van der Waals surface area (Å²) in [6.07, 6.45) is 0. The van der Waals surface area contributed by atoms with Gasteiger partial charge < -0.3 is 18.9 Å². The molecular formula is C14H14N2O3. The molecular weight excluding hydrogens is 244 g/mol. The normalized spacial score (nSPS) is 10.9. The number of nitrogens with zero attached hydrogens (tertiary/aromatic N) is 1. The molecule has 0 fully saturated rings. The molecule has 0 atom stereocenters. The molecule has 0 amide bonds. The molecule has 1 N–H and O–H groups in total. The van der Waals surface area contributed by atoms with Crippen molar-refractivity contribution in [2.45, 2.75) is 6.92 Å². The van der Waals surface area contributed by atoms with Crippen molar-refractivity contribution in [2.75, 3.05) is 14.2 Å². The van der Waals surface area contributed by atoms with Gasteiger partial charge in [-0.3, -0.25) is 0 Å². The SMILES string of the molecule is COc1cc2nc(-c3ccc(C)o3)[nH]c2cc1OC. The zero-order valence-electron chi connectivity index (χ0n) is 11.0. The van der Waals surface area contributed by atoms with Crippen LogP contribution in [0.15, 0.2) is 28.7 Å². The van der Waals surface area contributed by atoms with E-state index >= 15 is 0 Å². The first-order valence-corrected chi connectivity index (χ1v) is 5.90. The summed E-state index contributed by atoms with van der Waals surface area (Å²) in [6.45, 7) is 1.90. The summed E-state index contributed by atoms with van der Waals surface area (Å²) in [5.74, 6) is 3.58. The third-order valence-electron chi connectivity index (χ3n) is 2.96. The third-order valence-corrected chi connectivity index (χ3v) is 2.96. The van der Waals surface area contributed by atoms with Gasteiger partial charge in [0.05, 0.1) is 25.3 Å². The van der Waals surface area contributed by atoms with Gasteiger partial charge in [-0.1, -0.05) is 0 Å². The largest absolute Gasteiger partial charge is 0.493 e. The molecule has 1 aromatic carbocycles. The molecule has 0 bridgehead atoms. The van der Waals surface area contributed by atoms with Gasteiger partial charge in [0.25, 0.3) is 0 Å².